The Morgan fingerprint density at radius 2 is 2.33 bits per heavy atom. The molecule has 0 bridgehead atoms. The molecular weight excluding hydrogens is 116 g/mol. The van der Waals surface area contributed by atoms with Crippen LogP contribution >= 0.6 is 0 Å². The molecule has 0 amide bonds. The SMILES string of the molecule is [N]=Cc1cccc[n+]1[O-]. The Morgan fingerprint density at radius 1 is 1.56 bits per heavy atom. The fraction of sp³-hybridized carbons (Fsp3) is 0. The lowest BCUT2D eigenvalue weighted by Gasteiger charge is -1.95. The number of pyridine rings is 1. The van der Waals surface area contributed by atoms with Gasteiger partial charge in [-0.2, -0.15) is 10.1 Å². The number of aromatic nitrogens is 1. The summed E-state index contributed by atoms with van der Waals surface area (Å²) >= 11 is 0. The molecule has 9 heavy (non-hydrogen) atoms. The fourth-order valence-corrected chi connectivity index (χ4v) is 0.541. The Morgan fingerprint density at radius 3 is 2.78 bits per heavy atom. The first-order valence-corrected chi connectivity index (χ1v) is 2.50. The van der Waals surface area contributed by atoms with Gasteiger partial charge in [-0.25, -0.2) is 0 Å². The zero-order valence-electron chi connectivity index (χ0n) is 4.69. The van der Waals surface area contributed by atoms with Crippen LogP contribution in [0.5, 0.6) is 0 Å². The summed E-state index contributed by atoms with van der Waals surface area (Å²) in [6, 6.07) is 4.80. The molecule has 1 aromatic heterocycles. The normalized spacial score (nSPS) is 8.89. The number of hydrogen-bond donors (Lipinski definition) is 0. The molecule has 1 radical (unpaired) electrons. The highest BCUT2D eigenvalue weighted by Gasteiger charge is 1.94. The van der Waals surface area contributed by atoms with Gasteiger partial charge in [0, 0.05) is 12.1 Å². The summed E-state index contributed by atoms with van der Waals surface area (Å²) in [6.07, 6.45) is 2.09. The van der Waals surface area contributed by atoms with Crippen molar-refractivity contribution in [2.24, 2.45) is 0 Å². The van der Waals surface area contributed by atoms with E-state index in [-0.39, 0.29) is 5.69 Å². The van der Waals surface area contributed by atoms with Crippen LogP contribution in [0.2, 0.25) is 0 Å². The average Bonchev–Trinajstić information content (AvgIpc) is 1.89. The van der Waals surface area contributed by atoms with Crippen LogP contribution in [0.4, 0.5) is 0 Å². The van der Waals surface area contributed by atoms with Crippen molar-refractivity contribution in [3.05, 3.63) is 35.3 Å². The minimum atomic E-state index is 0.248. The maximum atomic E-state index is 10.6. The number of rotatable bonds is 1. The lowest BCUT2D eigenvalue weighted by atomic mass is 10.4. The molecule has 0 aliphatic carbocycles. The second kappa shape index (κ2) is 2.26. The molecule has 0 aliphatic heterocycles. The van der Waals surface area contributed by atoms with E-state index in [1.165, 1.54) is 12.3 Å². The summed E-state index contributed by atoms with van der Waals surface area (Å²) in [5.41, 5.74) is 0.248. The molecule has 45 valence electrons. The van der Waals surface area contributed by atoms with E-state index in [2.05, 4.69) is 0 Å². The monoisotopic (exact) mass is 121 g/mol. The second-order valence-electron chi connectivity index (χ2n) is 1.58. The topological polar surface area (TPSA) is 49.2 Å². The molecule has 1 heterocycles. The zero-order valence-corrected chi connectivity index (χ0v) is 4.69. The Kier molecular flexibility index (Phi) is 1.44. The van der Waals surface area contributed by atoms with Crippen LogP contribution in [0, 0.1) is 5.21 Å². The van der Waals surface area contributed by atoms with Gasteiger partial charge in [-0.15, -0.1) is 0 Å². The van der Waals surface area contributed by atoms with Gasteiger partial charge in [0.1, 0.15) is 6.21 Å². The van der Waals surface area contributed by atoms with Crippen LogP contribution in [0.25, 0.3) is 0 Å². The molecule has 3 nitrogen and oxygen atoms in total. The van der Waals surface area contributed by atoms with Crippen molar-refractivity contribution >= 4 is 6.21 Å². The minimum absolute atomic E-state index is 0.248. The second-order valence-corrected chi connectivity index (χ2v) is 1.58. The van der Waals surface area contributed by atoms with E-state index in [0.29, 0.717) is 4.73 Å². The lowest BCUT2D eigenvalue weighted by molar-refractivity contribution is -0.606. The van der Waals surface area contributed by atoms with Crippen LogP contribution in [-0.2, 0) is 0 Å². The average molecular weight is 121 g/mol. The van der Waals surface area contributed by atoms with Gasteiger partial charge in [0.2, 0.25) is 5.69 Å². The van der Waals surface area contributed by atoms with Crippen LogP contribution in [-0.4, -0.2) is 6.21 Å². The molecule has 0 atom stereocenters. The molecular formula is C6H5N2O. The van der Waals surface area contributed by atoms with E-state index < -0.39 is 0 Å². The van der Waals surface area contributed by atoms with Crippen molar-refractivity contribution < 1.29 is 4.73 Å². The molecule has 3 heteroatoms. The summed E-state index contributed by atoms with van der Waals surface area (Å²) in [6.45, 7) is 0. The molecule has 0 unspecified atom stereocenters. The summed E-state index contributed by atoms with van der Waals surface area (Å²) in [7, 11) is 0. The molecule has 0 aromatic carbocycles. The van der Waals surface area contributed by atoms with Gasteiger partial charge in [0.05, 0.1) is 0 Å². The first-order valence-electron chi connectivity index (χ1n) is 2.50. The number of nitrogens with zero attached hydrogens (tertiary/aromatic N) is 2. The Labute approximate surface area is 52.7 Å². The van der Waals surface area contributed by atoms with E-state index in [4.69, 9.17) is 5.41 Å². The summed E-state index contributed by atoms with van der Waals surface area (Å²) < 4.78 is 0.583. The first kappa shape index (κ1) is 5.75. The molecule has 0 spiro atoms. The minimum Gasteiger partial charge on any atom is -0.618 e. The maximum Gasteiger partial charge on any atom is 0.236 e. The quantitative estimate of drug-likeness (QED) is 0.282. The summed E-state index contributed by atoms with van der Waals surface area (Å²) in [5, 5.41) is 18.9. The maximum absolute atomic E-state index is 10.6. The van der Waals surface area contributed by atoms with Gasteiger partial charge < -0.3 is 5.21 Å². The van der Waals surface area contributed by atoms with Crippen molar-refractivity contribution in [3.63, 3.8) is 0 Å². The molecule has 0 aliphatic rings. The van der Waals surface area contributed by atoms with Gasteiger partial charge in [-0.3, -0.25) is 0 Å². The molecule has 0 saturated carbocycles. The zero-order chi connectivity index (χ0) is 6.69. The third-order valence-corrected chi connectivity index (χ3v) is 0.986. The van der Waals surface area contributed by atoms with E-state index in [9.17, 15) is 5.21 Å². The number of hydrogen-bond acceptors (Lipinski definition) is 1. The van der Waals surface area contributed by atoms with Crippen LogP contribution in [0.3, 0.4) is 0 Å². The van der Waals surface area contributed by atoms with E-state index >= 15 is 0 Å². The Hall–Kier alpha value is -1.38. The van der Waals surface area contributed by atoms with E-state index in [1.54, 1.807) is 12.1 Å². The van der Waals surface area contributed by atoms with E-state index in [0.717, 1.165) is 6.21 Å². The van der Waals surface area contributed by atoms with Crippen molar-refractivity contribution in [3.8, 4) is 0 Å². The predicted molar refractivity (Wildman–Crippen MR) is 32.7 cm³/mol. The third-order valence-electron chi connectivity index (χ3n) is 0.986. The van der Waals surface area contributed by atoms with Crippen LogP contribution < -0.4 is 10.1 Å². The van der Waals surface area contributed by atoms with Crippen LogP contribution in [0.15, 0.2) is 24.4 Å². The first-order chi connectivity index (χ1) is 4.34. The Bertz CT molecular complexity index is 222. The summed E-state index contributed by atoms with van der Waals surface area (Å²) in [5.74, 6) is 0. The largest absolute Gasteiger partial charge is 0.618 e. The molecule has 1 rings (SSSR count). The molecule has 1 aromatic rings. The highest BCUT2D eigenvalue weighted by atomic mass is 16.5. The third kappa shape index (κ3) is 1.05. The van der Waals surface area contributed by atoms with Gasteiger partial charge >= 0.3 is 0 Å². The fourth-order valence-electron chi connectivity index (χ4n) is 0.541. The van der Waals surface area contributed by atoms with Gasteiger partial charge in [-0.1, -0.05) is 0 Å². The van der Waals surface area contributed by atoms with Gasteiger partial charge in [0.15, 0.2) is 6.20 Å². The predicted octanol–water partition coefficient (Wildman–Crippen LogP) is -0.461. The molecule has 0 saturated heterocycles. The van der Waals surface area contributed by atoms with Crippen molar-refractivity contribution in [2.75, 3.05) is 0 Å². The molecule has 0 fully saturated rings. The Balaban J connectivity index is 3.15. The standard InChI is InChI=1S/C6H5N2O/c7-5-6-3-1-2-4-8(6)9/h1-5H. The van der Waals surface area contributed by atoms with Crippen molar-refractivity contribution in [2.45, 2.75) is 0 Å². The molecule has 0 N–H and O–H groups in total. The van der Waals surface area contributed by atoms with E-state index in [1.807, 2.05) is 0 Å². The van der Waals surface area contributed by atoms with Gasteiger partial charge in [0.25, 0.3) is 0 Å². The lowest BCUT2D eigenvalue weighted by Crippen LogP contribution is -2.30. The van der Waals surface area contributed by atoms with Crippen LogP contribution in [0.1, 0.15) is 5.69 Å². The highest BCUT2D eigenvalue weighted by molar-refractivity contribution is 5.72. The summed E-state index contributed by atoms with van der Waals surface area (Å²) in [4.78, 5) is 0. The van der Waals surface area contributed by atoms with Crippen molar-refractivity contribution in [1.29, 1.82) is 0 Å². The smallest absolute Gasteiger partial charge is 0.236 e. The van der Waals surface area contributed by atoms with Crippen molar-refractivity contribution in [1.82, 2.24) is 5.41 Å². The van der Waals surface area contributed by atoms with Gasteiger partial charge in [-0.05, 0) is 6.07 Å². The highest BCUT2D eigenvalue weighted by Crippen LogP contribution is 1.82.